The zero-order valence-corrected chi connectivity index (χ0v) is 13.4. The first-order chi connectivity index (χ1) is 10.1. The number of methoxy groups -OCH3 is 2. The number of aliphatic hydroxyl groups excluding tert-OH is 1. The third-order valence-electron chi connectivity index (χ3n) is 3.36. The third kappa shape index (κ3) is 4.79. The van der Waals surface area contributed by atoms with Gasteiger partial charge in [-0.1, -0.05) is 24.9 Å². The monoisotopic (exact) mass is 315 g/mol. The van der Waals surface area contributed by atoms with E-state index in [0.717, 1.165) is 6.42 Å². The number of halogens is 1. The molecule has 0 heterocycles. The van der Waals surface area contributed by atoms with Crippen molar-refractivity contribution in [1.29, 1.82) is 0 Å². The first-order valence-electron chi connectivity index (χ1n) is 6.87. The topological polar surface area (TPSA) is 67.8 Å². The molecule has 0 bridgehead atoms. The fraction of sp³-hybridized carbons (Fsp3) is 0.533. The van der Waals surface area contributed by atoms with Gasteiger partial charge in [-0.25, -0.2) is 0 Å². The number of carbonyl (C=O) groups is 1. The summed E-state index contributed by atoms with van der Waals surface area (Å²) in [6.07, 6.45) is 1.57. The summed E-state index contributed by atoms with van der Waals surface area (Å²) in [5.74, 6) is 0.851. The molecule has 0 aliphatic carbocycles. The summed E-state index contributed by atoms with van der Waals surface area (Å²) in [6.45, 7) is 2.66. The van der Waals surface area contributed by atoms with E-state index in [1.807, 2.05) is 6.92 Å². The lowest BCUT2D eigenvalue weighted by molar-refractivity contribution is 0.0943. The molecule has 0 radical (unpaired) electrons. The highest BCUT2D eigenvalue weighted by Crippen LogP contribution is 2.35. The lowest BCUT2D eigenvalue weighted by Crippen LogP contribution is -2.29. The molecule has 0 spiro atoms. The van der Waals surface area contributed by atoms with Gasteiger partial charge < -0.3 is 19.9 Å². The zero-order valence-electron chi connectivity index (χ0n) is 12.6. The number of hydrogen-bond donors (Lipinski definition) is 2. The van der Waals surface area contributed by atoms with Crippen LogP contribution in [-0.2, 0) is 0 Å². The van der Waals surface area contributed by atoms with E-state index in [9.17, 15) is 4.79 Å². The van der Waals surface area contributed by atoms with Crippen molar-refractivity contribution in [2.75, 3.05) is 27.4 Å². The zero-order chi connectivity index (χ0) is 15.8. The van der Waals surface area contributed by atoms with Crippen molar-refractivity contribution in [3.63, 3.8) is 0 Å². The summed E-state index contributed by atoms with van der Waals surface area (Å²) >= 11 is 6.08. The molecule has 5 nitrogen and oxygen atoms in total. The van der Waals surface area contributed by atoms with Crippen LogP contribution < -0.4 is 14.8 Å². The highest BCUT2D eigenvalue weighted by atomic mass is 35.5. The van der Waals surface area contributed by atoms with Crippen LogP contribution >= 0.6 is 11.6 Å². The molecule has 0 saturated heterocycles. The maximum Gasteiger partial charge on any atom is 0.251 e. The van der Waals surface area contributed by atoms with Crippen molar-refractivity contribution in [3.8, 4) is 11.5 Å². The van der Waals surface area contributed by atoms with Crippen molar-refractivity contribution in [1.82, 2.24) is 5.32 Å². The molecule has 1 atom stereocenters. The minimum absolute atomic E-state index is 0.122. The maximum atomic E-state index is 12.2. The molecule has 1 amide bonds. The molecule has 2 N–H and O–H groups in total. The Morgan fingerprint density at radius 3 is 2.62 bits per heavy atom. The minimum Gasteiger partial charge on any atom is -0.493 e. The van der Waals surface area contributed by atoms with E-state index < -0.39 is 0 Å². The van der Waals surface area contributed by atoms with Crippen molar-refractivity contribution >= 4 is 17.5 Å². The number of hydrogen-bond acceptors (Lipinski definition) is 4. The van der Waals surface area contributed by atoms with Crippen LogP contribution in [0.15, 0.2) is 12.1 Å². The van der Waals surface area contributed by atoms with E-state index in [1.165, 1.54) is 14.2 Å². The fourth-order valence-electron chi connectivity index (χ4n) is 2.02. The number of amides is 1. The Kier molecular flexibility index (Phi) is 7.32. The second-order valence-corrected chi connectivity index (χ2v) is 5.10. The molecule has 0 fully saturated rings. The number of rotatable bonds is 8. The van der Waals surface area contributed by atoms with Gasteiger partial charge in [0.1, 0.15) is 0 Å². The predicted octanol–water partition coefficient (Wildman–Crippen LogP) is 2.50. The Hall–Kier alpha value is -1.46. The number of nitrogens with one attached hydrogen (secondary N) is 1. The second kappa shape index (κ2) is 8.74. The molecule has 1 unspecified atom stereocenters. The largest absolute Gasteiger partial charge is 0.493 e. The van der Waals surface area contributed by atoms with E-state index in [1.54, 1.807) is 12.1 Å². The van der Waals surface area contributed by atoms with Gasteiger partial charge in [-0.05, 0) is 24.5 Å². The summed E-state index contributed by atoms with van der Waals surface area (Å²) < 4.78 is 10.3. The van der Waals surface area contributed by atoms with Crippen LogP contribution in [0.5, 0.6) is 11.5 Å². The number of ether oxygens (including phenoxy) is 2. The van der Waals surface area contributed by atoms with Crippen LogP contribution in [0.25, 0.3) is 0 Å². The van der Waals surface area contributed by atoms with Crippen LogP contribution in [0.3, 0.4) is 0 Å². The lowest BCUT2D eigenvalue weighted by atomic mass is 10.0. The van der Waals surface area contributed by atoms with Gasteiger partial charge in [-0.15, -0.1) is 0 Å². The second-order valence-electron chi connectivity index (χ2n) is 4.69. The summed E-state index contributed by atoms with van der Waals surface area (Å²) in [4.78, 5) is 12.2. The Morgan fingerprint density at radius 1 is 1.38 bits per heavy atom. The molecular weight excluding hydrogens is 294 g/mol. The van der Waals surface area contributed by atoms with E-state index in [4.69, 9.17) is 26.2 Å². The van der Waals surface area contributed by atoms with Crippen LogP contribution in [0.4, 0.5) is 0 Å². The van der Waals surface area contributed by atoms with Gasteiger partial charge in [0.2, 0.25) is 0 Å². The summed E-state index contributed by atoms with van der Waals surface area (Å²) in [7, 11) is 2.98. The Morgan fingerprint density at radius 2 is 2.10 bits per heavy atom. The number of aliphatic hydroxyl groups is 1. The van der Waals surface area contributed by atoms with Gasteiger partial charge in [-0.2, -0.15) is 0 Å². The molecule has 0 aromatic heterocycles. The highest BCUT2D eigenvalue weighted by molar-refractivity contribution is 6.32. The van der Waals surface area contributed by atoms with Gasteiger partial charge >= 0.3 is 0 Å². The van der Waals surface area contributed by atoms with Gasteiger partial charge in [0.05, 0.1) is 19.2 Å². The molecule has 0 aliphatic rings. The van der Waals surface area contributed by atoms with E-state index in [0.29, 0.717) is 35.1 Å². The smallest absolute Gasteiger partial charge is 0.251 e. The molecule has 21 heavy (non-hydrogen) atoms. The quantitative estimate of drug-likeness (QED) is 0.773. The van der Waals surface area contributed by atoms with Crippen molar-refractivity contribution in [2.24, 2.45) is 5.92 Å². The highest BCUT2D eigenvalue weighted by Gasteiger charge is 2.16. The molecule has 1 aromatic rings. The molecule has 0 aliphatic heterocycles. The number of benzene rings is 1. The maximum absolute atomic E-state index is 12.2. The van der Waals surface area contributed by atoms with Crippen LogP contribution in [0.2, 0.25) is 5.02 Å². The number of carbonyl (C=O) groups excluding carboxylic acids is 1. The standard InChI is InChI=1S/C15H22ClNO4/c1-4-10(5-6-18)9-17-15(19)11-7-12(16)14(21-3)13(8-11)20-2/h7-8,10,18H,4-6,9H2,1-3H3,(H,17,19). The molecule has 0 saturated carbocycles. The average molecular weight is 316 g/mol. The van der Waals surface area contributed by atoms with E-state index >= 15 is 0 Å². The molecule has 1 rings (SSSR count). The SMILES string of the molecule is CCC(CCO)CNC(=O)c1cc(Cl)c(OC)c(OC)c1. The van der Waals surface area contributed by atoms with Gasteiger partial charge in [0.25, 0.3) is 5.91 Å². The predicted molar refractivity (Wildman–Crippen MR) is 82.4 cm³/mol. The van der Waals surface area contributed by atoms with Crippen LogP contribution in [0.1, 0.15) is 30.1 Å². The Bertz CT molecular complexity index is 479. The summed E-state index contributed by atoms with van der Waals surface area (Å²) in [5, 5.41) is 12.1. The van der Waals surface area contributed by atoms with Crippen molar-refractivity contribution in [2.45, 2.75) is 19.8 Å². The molecular formula is C15H22ClNO4. The fourth-order valence-corrected chi connectivity index (χ4v) is 2.31. The Balaban J connectivity index is 2.81. The molecule has 118 valence electrons. The molecule has 1 aromatic carbocycles. The van der Waals surface area contributed by atoms with Crippen LogP contribution in [0, 0.1) is 5.92 Å². The van der Waals surface area contributed by atoms with E-state index in [2.05, 4.69) is 5.32 Å². The first-order valence-corrected chi connectivity index (χ1v) is 7.25. The van der Waals surface area contributed by atoms with Crippen LogP contribution in [-0.4, -0.2) is 38.4 Å². The summed E-state index contributed by atoms with van der Waals surface area (Å²) in [6, 6.07) is 3.14. The average Bonchev–Trinajstić information content (AvgIpc) is 2.49. The first kappa shape index (κ1) is 17.6. The minimum atomic E-state index is -0.228. The molecule has 6 heteroatoms. The Labute approximate surface area is 130 Å². The van der Waals surface area contributed by atoms with Crippen molar-refractivity contribution in [3.05, 3.63) is 22.7 Å². The summed E-state index contributed by atoms with van der Waals surface area (Å²) in [5.41, 5.74) is 0.413. The van der Waals surface area contributed by atoms with Gasteiger partial charge in [0.15, 0.2) is 11.5 Å². The lowest BCUT2D eigenvalue weighted by Gasteiger charge is -2.15. The van der Waals surface area contributed by atoms with Crippen molar-refractivity contribution < 1.29 is 19.4 Å². The van der Waals surface area contributed by atoms with E-state index in [-0.39, 0.29) is 18.4 Å². The third-order valence-corrected chi connectivity index (χ3v) is 3.64. The van der Waals surface area contributed by atoms with Gasteiger partial charge in [-0.3, -0.25) is 4.79 Å². The normalized spacial score (nSPS) is 11.9. The van der Waals surface area contributed by atoms with Gasteiger partial charge in [0, 0.05) is 18.7 Å².